The molecule has 148 valence electrons. The van der Waals surface area contributed by atoms with Crippen LogP contribution in [-0.2, 0) is 19.4 Å². The fourth-order valence-corrected chi connectivity index (χ4v) is 3.90. The molecule has 0 spiro atoms. The topological polar surface area (TPSA) is 122 Å². The third kappa shape index (κ3) is 4.37. The minimum Gasteiger partial charge on any atom is -0.378 e. The zero-order valence-electron chi connectivity index (χ0n) is 15.0. The molecule has 0 radical (unpaired) electrons. The molecule has 27 heavy (non-hydrogen) atoms. The Kier molecular flexibility index (Phi) is 5.63. The van der Waals surface area contributed by atoms with E-state index in [0.717, 1.165) is 12.3 Å². The molecule has 0 saturated carbocycles. The van der Waals surface area contributed by atoms with Crippen LogP contribution in [0.15, 0.2) is 23.1 Å². The van der Waals surface area contributed by atoms with E-state index in [1.807, 2.05) is 0 Å². The summed E-state index contributed by atoms with van der Waals surface area (Å²) in [6.07, 6.45) is 1.01. The zero-order chi connectivity index (χ0) is 19.6. The van der Waals surface area contributed by atoms with Crippen molar-refractivity contribution in [1.29, 1.82) is 0 Å². The number of benzene rings is 1. The lowest BCUT2D eigenvalue weighted by Crippen LogP contribution is -2.57. The van der Waals surface area contributed by atoms with Crippen LogP contribution < -0.4 is 10.2 Å². The molecule has 2 saturated heterocycles. The number of morpholine rings is 1. The van der Waals surface area contributed by atoms with Gasteiger partial charge in [0.2, 0.25) is 5.91 Å². The lowest BCUT2D eigenvalue weighted by atomic mass is 10.2. The van der Waals surface area contributed by atoms with Gasteiger partial charge in [0.25, 0.3) is 5.69 Å². The molecule has 0 bridgehead atoms. The van der Waals surface area contributed by atoms with Crippen LogP contribution in [0.1, 0.15) is 0 Å². The molecule has 1 unspecified atom stereocenters. The summed E-state index contributed by atoms with van der Waals surface area (Å²) in [6.45, 7) is 3.29. The van der Waals surface area contributed by atoms with Gasteiger partial charge in [0.05, 0.1) is 23.0 Å². The van der Waals surface area contributed by atoms with E-state index in [9.17, 15) is 23.3 Å². The van der Waals surface area contributed by atoms with Gasteiger partial charge in [-0.05, 0) is 12.1 Å². The predicted molar refractivity (Wildman–Crippen MR) is 97.6 cm³/mol. The second-order valence-electron chi connectivity index (χ2n) is 6.57. The molecular formula is C16H22N4O6S. The summed E-state index contributed by atoms with van der Waals surface area (Å²) < 4.78 is 28.7. The van der Waals surface area contributed by atoms with Crippen molar-refractivity contribution >= 4 is 27.1 Å². The quantitative estimate of drug-likeness (QED) is 0.539. The highest BCUT2D eigenvalue weighted by atomic mass is 32.2. The van der Waals surface area contributed by atoms with Gasteiger partial charge in [0.1, 0.15) is 11.7 Å². The van der Waals surface area contributed by atoms with Crippen LogP contribution >= 0.6 is 0 Å². The van der Waals surface area contributed by atoms with Crippen molar-refractivity contribution in [2.75, 3.05) is 57.1 Å². The van der Waals surface area contributed by atoms with Crippen molar-refractivity contribution in [3.05, 3.63) is 28.3 Å². The number of rotatable bonds is 4. The third-order valence-corrected chi connectivity index (χ3v) is 5.83. The second-order valence-corrected chi connectivity index (χ2v) is 8.59. The molecule has 2 aliphatic heterocycles. The molecule has 0 aromatic heterocycles. The first kappa shape index (κ1) is 19.5. The number of anilines is 1. The Bertz CT molecular complexity index is 829. The number of hydrogen-bond acceptors (Lipinski definition) is 8. The summed E-state index contributed by atoms with van der Waals surface area (Å²) >= 11 is 0. The van der Waals surface area contributed by atoms with Crippen LogP contribution in [0.2, 0.25) is 0 Å². The minimum absolute atomic E-state index is 0.0312. The van der Waals surface area contributed by atoms with Crippen molar-refractivity contribution in [2.24, 2.45) is 0 Å². The summed E-state index contributed by atoms with van der Waals surface area (Å²) in [4.78, 5) is 26.8. The van der Waals surface area contributed by atoms with E-state index in [4.69, 9.17) is 4.74 Å². The van der Waals surface area contributed by atoms with Crippen LogP contribution in [0.3, 0.4) is 0 Å². The molecule has 1 atom stereocenters. The number of carbonyl (C=O) groups excluding carboxylic acids is 1. The van der Waals surface area contributed by atoms with Gasteiger partial charge in [-0.25, -0.2) is 8.42 Å². The second kappa shape index (κ2) is 7.79. The fraction of sp³-hybridized carbons (Fsp3) is 0.562. The van der Waals surface area contributed by atoms with E-state index in [-0.39, 0.29) is 22.5 Å². The average Bonchev–Trinajstić information content (AvgIpc) is 2.67. The molecule has 0 aliphatic carbocycles. The van der Waals surface area contributed by atoms with E-state index in [1.165, 1.54) is 12.1 Å². The van der Waals surface area contributed by atoms with E-state index in [1.54, 1.807) is 9.80 Å². The standard InChI is InChI=1S/C16H22N4O6S/c1-27(24,25)12-2-3-14(15(10-12)20(22)23)18-5-7-19(8-6-18)16(21)13-11-26-9-4-17-13/h2-3,10,13,17H,4-9,11H2,1H3. The number of amides is 1. The molecule has 11 heteroatoms. The van der Waals surface area contributed by atoms with Crippen LogP contribution in [0, 0.1) is 10.1 Å². The lowest BCUT2D eigenvalue weighted by Gasteiger charge is -2.38. The van der Waals surface area contributed by atoms with Gasteiger partial charge < -0.3 is 19.9 Å². The Morgan fingerprint density at radius 1 is 1.30 bits per heavy atom. The van der Waals surface area contributed by atoms with Gasteiger partial charge in [-0.2, -0.15) is 0 Å². The fourth-order valence-electron chi connectivity index (χ4n) is 3.26. The first-order chi connectivity index (χ1) is 12.8. The number of nitro benzene ring substituents is 1. The van der Waals surface area contributed by atoms with Gasteiger partial charge in [-0.3, -0.25) is 14.9 Å². The molecule has 1 aromatic carbocycles. The number of sulfone groups is 1. The van der Waals surface area contributed by atoms with Gasteiger partial charge in [0.15, 0.2) is 9.84 Å². The maximum Gasteiger partial charge on any atom is 0.293 e. The first-order valence-electron chi connectivity index (χ1n) is 8.61. The number of nitro groups is 1. The Morgan fingerprint density at radius 3 is 2.56 bits per heavy atom. The highest BCUT2D eigenvalue weighted by Gasteiger charge is 2.31. The smallest absolute Gasteiger partial charge is 0.293 e. The largest absolute Gasteiger partial charge is 0.378 e. The van der Waals surface area contributed by atoms with Gasteiger partial charge in [0, 0.05) is 45.0 Å². The monoisotopic (exact) mass is 398 g/mol. The molecule has 1 N–H and O–H groups in total. The summed E-state index contributed by atoms with van der Waals surface area (Å²) in [7, 11) is -3.53. The predicted octanol–water partition coefficient (Wildman–Crippen LogP) is -0.365. The number of ether oxygens (including phenoxy) is 1. The Labute approximate surface area is 157 Å². The number of piperazine rings is 1. The van der Waals surface area contributed by atoms with Gasteiger partial charge in [-0.1, -0.05) is 0 Å². The summed E-state index contributed by atoms with van der Waals surface area (Å²) in [5, 5.41) is 14.5. The molecule has 2 fully saturated rings. The molecule has 10 nitrogen and oxygen atoms in total. The Balaban J connectivity index is 1.72. The van der Waals surface area contributed by atoms with Crippen LogP contribution in [-0.4, -0.2) is 82.4 Å². The molecule has 1 aromatic rings. The van der Waals surface area contributed by atoms with Crippen molar-refractivity contribution in [2.45, 2.75) is 10.9 Å². The number of nitrogens with one attached hydrogen (secondary N) is 1. The number of hydrogen-bond donors (Lipinski definition) is 1. The van der Waals surface area contributed by atoms with Crippen LogP contribution in [0.25, 0.3) is 0 Å². The maximum atomic E-state index is 12.5. The maximum absolute atomic E-state index is 12.5. The molecule has 1 amide bonds. The lowest BCUT2D eigenvalue weighted by molar-refractivity contribution is -0.384. The third-order valence-electron chi connectivity index (χ3n) is 4.72. The average molecular weight is 398 g/mol. The molecular weight excluding hydrogens is 376 g/mol. The minimum atomic E-state index is -3.53. The first-order valence-corrected chi connectivity index (χ1v) is 10.5. The van der Waals surface area contributed by atoms with E-state index in [2.05, 4.69) is 5.32 Å². The molecule has 3 rings (SSSR count). The van der Waals surface area contributed by atoms with E-state index >= 15 is 0 Å². The highest BCUT2D eigenvalue weighted by molar-refractivity contribution is 7.90. The number of nitrogens with zero attached hydrogens (tertiary/aromatic N) is 3. The highest BCUT2D eigenvalue weighted by Crippen LogP contribution is 2.31. The Morgan fingerprint density at radius 2 is 2.00 bits per heavy atom. The number of carbonyl (C=O) groups is 1. The van der Waals surface area contributed by atoms with E-state index in [0.29, 0.717) is 51.6 Å². The zero-order valence-corrected chi connectivity index (χ0v) is 15.8. The summed E-state index contributed by atoms with van der Waals surface area (Å²) in [5.74, 6) is -0.0312. The van der Waals surface area contributed by atoms with Crippen molar-refractivity contribution in [3.8, 4) is 0 Å². The van der Waals surface area contributed by atoms with Gasteiger partial charge >= 0.3 is 0 Å². The van der Waals surface area contributed by atoms with Crippen molar-refractivity contribution in [3.63, 3.8) is 0 Å². The SMILES string of the molecule is CS(=O)(=O)c1ccc(N2CCN(C(=O)C3COCCN3)CC2)c([N+](=O)[O-])c1. The van der Waals surface area contributed by atoms with Crippen LogP contribution in [0.4, 0.5) is 11.4 Å². The molecule has 2 heterocycles. The normalized spacial score (nSPS) is 21.1. The van der Waals surface area contributed by atoms with Gasteiger partial charge in [-0.15, -0.1) is 0 Å². The summed E-state index contributed by atoms with van der Waals surface area (Å²) in [6, 6.07) is 3.57. The van der Waals surface area contributed by atoms with Crippen molar-refractivity contribution in [1.82, 2.24) is 10.2 Å². The van der Waals surface area contributed by atoms with E-state index < -0.39 is 14.8 Å². The van der Waals surface area contributed by atoms with Crippen LogP contribution in [0.5, 0.6) is 0 Å². The Hall–Kier alpha value is -2.24. The van der Waals surface area contributed by atoms with Crippen molar-refractivity contribution < 1.29 is 22.9 Å². The molecule has 2 aliphatic rings. The summed E-state index contributed by atoms with van der Waals surface area (Å²) in [5.41, 5.74) is 0.110.